The highest BCUT2D eigenvalue weighted by Gasteiger charge is 2.06. The fourth-order valence-electron chi connectivity index (χ4n) is 1.93. The Kier molecular flexibility index (Phi) is 3.25. The van der Waals surface area contributed by atoms with Crippen LogP contribution in [0.5, 0.6) is 11.5 Å². The molecule has 0 fully saturated rings. The van der Waals surface area contributed by atoms with Crippen LogP contribution >= 0.6 is 22.6 Å². The van der Waals surface area contributed by atoms with Crippen LogP contribution in [0.1, 0.15) is 0 Å². The number of ether oxygens (including phenoxy) is 1. The van der Waals surface area contributed by atoms with Crippen LogP contribution in [-0.4, -0.2) is 4.98 Å². The molecule has 0 bridgehead atoms. The SMILES string of the molecule is Nc1ccc(Oc2cccc(I)c2)c2ccncc12. The lowest BCUT2D eigenvalue weighted by Crippen LogP contribution is -1.91. The van der Waals surface area contributed by atoms with Crippen molar-refractivity contribution in [2.75, 3.05) is 5.73 Å². The molecule has 3 rings (SSSR count). The number of anilines is 1. The van der Waals surface area contributed by atoms with Crippen molar-refractivity contribution in [1.29, 1.82) is 0 Å². The molecule has 19 heavy (non-hydrogen) atoms. The zero-order valence-electron chi connectivity index (χ0n) is 10.0. The highest BCUT2D eigenvalue weighted by molar-refractivity contribution is 14.1. The second-order valence-electron chi connectivity index (χ2n) is 4.13. The lowest BCUT2D eigenvalue weighted by Gasteiger charge is -2.10. The number of nitrogens with two attached hydrogens (primary N) is 1. The van der Waals surface area contributed by atoms with Crippen LogP contribution in [0.2, 0.25) is 0 Å². The first-order valence-corrected chi connectivity index (χ1v) is 6.87. The minimum atomic E-state index is 0.707. The van der Waals surface area contributed by atoms with Crippen molar-refractivity contribution in [3.8, 4) is 11.5 Å². The molecule has 0 aliphatic carbocycles. The van der Waals surface area contributed by atoms with E-state index in [0.717, 1.165) is 25.8 Å². The molecular weight excluding hydrogens is 351 g/mol. The van der Waals surface area contributed by atoms with Gasteiger partial charge in [0.1, 0.15) is 11.5 Å². The Morgan fingerprint density at radius 1 is 1.05 bits per heavy atom. The van der Waals surface area contributed by atoms with Gasteiger partial charge in [0, 0.05) is 32.4 Å². The summed E-state index contributed by atoms with van der Waals surface area (Å²) in [5, 5.41) is 1.87. The number of halogens is 1. The third kappa shape index (κ3) is 2.49. The fraction of sp³-hybridized carbons (Fsp3) is 0. The third-order valence-corrected chi connectivity index (χ3v) is 3.51. The molecule has 1 aromatic heterocycles. The first-order chi connectivity index (χ1) is 9.24. The number of aromatic nitrogens is 1. The summed E-state index contributed by atoms with van der Waals surface area (Å²) in [6.45, 7) is 0. The molecule has 2 N–H and O–H groups in total. The summed E-state index contributed by atoms with van der Waals surface area (Å²) in [6, 6.07) is 13.6. The number of fused-ring (bicyclic) bond motifs is 1. The molecule has 0 aliphatic heterocycles. The quantitative estimate of drug-likeness (QED) is 0.549. The Morgan fingerprint density at radius 3 is 2.79 bits per heavy atom. The molecule has 0 saturated carbocycles. The van der Waals surface area contributed by atoms with Crippen molar-refractivity contribution in [1.82, 2.24) is 4.98 Å². The van der Waals surface area contributed by atoms with E-state index < -0.39 is 0 Å². The Labute approximate surface area is 124 Å². The number of rotatable bonds is 2. The van der Waals surface area contributed by atoms with Gasteiger partial charge < -0.3 is 10.5 Å². The molecule has 4 heteroatoms. The molecule has 3 nitrogen and oxygen atoms in total. The van der Waals surface area contributed by atoms with E-state index in [4.69, 9.17) is 10.5 Å². The topological polar surface area (TPSA) is 48.1 Å². The lowest BCUT2D eigenvalue weighted by atomic mass is 10.1. The molecule has 2 aromatic carbocycles. The van der Waals surface area contributed by atoms with E-state index >= 15 is 0 Å². The van der Waals surface area contributed by atoms with Crippen molar-refractivity contribution >= 4 is 39.1 Å². The average Bonchev–Trinajstić information content (AvgIpc) is 2.42. The lowest BCUT2D eigenvalue weighted by molar-refractivity contribution is 0.488. The molecule has 1 heterocycles. The van der Waals surface area contributed by atoms with Gasteiger partial charge in [-0.1, -0.05) is 6.07 Å². The molecule has 0 atom stereocenters. The molecule has 0 spiro atoms. The average molecular weight is 362 g/mol. The summed E-state index contributed by atoms with van der Waals surface area (Å²) in [6.07, 6.45) is 3.50. The molecule has 0 radical (unpaired) electrons. The maximum Gasteiger partial charge on any atom is 0.135 e. The van der Waals surface area contributed by atoms with Crippen LogP contribution in [-0.2, 0) is 0 Å². The number of pyridine rings is 1. The maximum absolute atomic E-state index is 5.95. The highest BCUT2D eigenvalue weighted by Crippen LogP contribution is 2.32. The van der Waals surface area contributed by atoms with Gasteiger partial charge in [0.25, 0.3) is 0 Å². The van der Waals surface area contributed by atoms with Gasteiger partial charge >= 0.3 is 0 Å². The monoisotopic (exact) mass is 362 g/mol. The van der Waals surface area contributed by atoms with Crippen molar-refractivity contribution in [3.05, 3.63) is 58.4 Å². The maximum atomic E-state index is 5.95. The summed E-state index contributed by atoms with van der Waals surface area (Å²) >= 11 is 2.26. The van der Waals surface area contributed by atoms with Crippen LogP contribution in [0.15, 0.2) is 54.9 Å². The molecule has 0 saturated heterocycles. The summed E-state index contributed by atoms with van der Waals surface area (Å²) in [5.41, 5.74) is 6.65. The molecule has 3 aromatic rings. The van der Waals surface area contributed by atoms with Gasteiger partial charge in [-0.25, -0.2) is 0 Å². The molecule has 0 unspecified atom stereocenters. The summed E-state index contributed by atoms with van der Waals surface area (Å²) in [5.74, 6) is 1.60. The number of nitrogens with zero attached hydrogens (tertiary/aromatic N) is 1. The second kappa shape index (κ2) is 5.05. The summed E-state index contributed by atoms with van der Waals surface area (Å²) in [4.78, 5) is 4.10. The molecule has 94 valence electrons. The Balaban J connectivity index is 2.09. The van der Waals surface area contributed by atoms with E-state index in [9.17, 15) is 0 Å². The predicted molar refractivity (Wildman–Crippen MR) is 85.4 cm³/mol. The van der Waals surface area contributed by atoms with E-state index in [0.29, 0.717) is 5.69 Å². The van der Waals surface area contributed by atoms with Gasteiger partial charge in [-0.05, 0) is 59.0 Å². The largest absolute Gasteiger partial charge is 0.457 e. The zero-order valence-corrected chi connectivity index (χ0v) is 12.2. The van der Waals surface area contributed by atoms with E-state index in [-0.39, 0.29) is 0 Å². The first-order valence-electron chi connectivity index (χ1n) is 5.80. The van der Waals surface area contributed by atoms with Crippen molar-refractivity contribution in [3.63, 3.8) is 0 Å². The van der Waals surface area contributed by atoms with Crippen molar-refractivity contribution < 1.29 is 4.74 Å². The van der Waals surface area contributed by atoms with Crippen LogP contribution in [0.4, 0.5) is 5.69 Å². The van der Waals surface area contributed by atoms with Gasteiger partial charge in [-0.2, -0.15) is 0 Å². The van der Waals surface area contributed by atoms with Gasteiger partial charge in [0.05, 0.1) is 0 Å². The van der Waals surface area contributed by atoms with Gasteiger partial charge in [0.15, 0.2) is 0 Å². The molecule has 0 aliphatic rings. The minimum Gasteiger partial charge on any atom is -0.457 e. The smallest absolute Gasteiger partial charge is 0.135 e. The summed E-state index contributed by atoms with van der Waals surface area (Å²) in [7, 11) is 0. The van der Waals surface area contributed by atoms with Crippen molar-refractivity contribution in [2.45, 2.75) is 0 Å². The Hall–Kier alpha value is -1.82. The van der Waals surface area contributed by atoms with E-state index in [1.165, 1.54) is 0 Å². The van der Waals surface area contributed by atoms with Gasteiger partial charge in [-0.3, -0.25) is 4.98 Å². The van der Waals surface area contributed by atoms with E-state index in [1.54, 1.807) is 12.4 Å². The van der Waals surface area contributed by atoms with Gasteiger partial charge in [-0.15, -0.1) is 0 Å². The van der Waals surface area contributed by atoms with Crippen LogP contribution in [0.3, 0.4) is 0 Å². The summed E-state index contributed by atoms with van der Waals surface area (Å²) < 4.78 is 7.07. The Morgan fingerprint density at radius 2 is 1.95 bits per heavy atom. The standard InChI is InChI=1S/C15H11IN2O/c16-10-2-1-3-11(8-10)19-15-5-4-14(17)13-9-18-7-6-12(13)15/h1-9H,17H2. The van der Waals surface area contributed by atoms with Crippen LogP contribution < -0.4 is 10.5 Å². The second-order valence-corrected chi connectivity index (χ2v) is 5.38. The highest BCUT2D eigenvalue weighted by atomic mass is 127. The Bertz CT molecular complexity index is 743. The van der Waals surface area contributed by atoms with Crippen LogP contribution in [0, 0.1) is 3.57 Å². The van der Waals surface area contributed by atoms with Crippen LogP contribution in [0.25, 0.3) is 10.8 Å². The normalized spacial score (nSPS) is 10.6. The van der Waals surface area contributed by atoms with Gasteiger partial charge in [0.2, 0.25) is 0 Å². The molecular formula is C15H11IN2O. The number of hydrogen-bond donors (Lipinski definition) is 1. The number of hydrogen-bond acceptors (Lipinski definition) is 3. The fourth-order valence-corrected chi connectivity index (χ4v) is 2.45. The number of nitrogen functional groups attached to an aromatic ring is 1. The minimum absolute atomic E-state index is 0.707. The number of benzene rings is 2. The van der Waals surface area contributed by atoms with E-state index in [2.05, 4.69) is 27.6 Å². The third-order valence-electron chi connectivity index (χ3n) is 2.84. The van der Waals surface area contributed by atoms with E-state index in [1.807, 2.05) is 42.5 Å². The first kappa shape index (κ1) is 12.2. The molecule has 0 amide bonds. The van der Waals surface area contributed by atoms with Crippen molar-refractivity contribution in [2.24, 2.45) is 0 Å². The zero-order chi connectivity index (χ0) is 13.2. The predicted octanol–water partition coefficient (Wildman–Crippen LogP) is 4.21.